The van der Waals surface area contributed by atoms with Crippen molar-refractivity contribution in [2.24, 2.45) is 0 Å². The minimum Gasteiger partial charge on any atom is -0.352 e. The zero-order chi connectivity index (χ0) is 21.5. The molecule has 0 bridgehead atoms. The molecule has 7 nitrogen and oxygen atoms in total. The van der Waals surface area contributed by atoms with Gasteiger partial charge in [0.25, 0.3) is 5.56 Å². The fourth-order valence-electron chi connectivity index (χ4n) is 3.69. The van der Waals surface area contributed by atoms with Gasteiger partial charge in [0.1, 0.15) is 11.5 Å². The first-order chi connectivity index (χ1) is 15.0. The number of rotatable bonds is 5. The number of nitrogens with zero attached hydrogens (tertiary/aromatic N) is 4. The summed E-state index contributed by atoms with van der Waals surface area (Å²) in [6.45, 7) is 3.20. The first kappa shape index (κ1) is 19.8. The van der Waals surface area contributed by atoms with Crippen LogP contribution in [0, 0.1) is 0 Å². The van der Waals surface area contributed by atoms with Crippen LogP contribution in [0.4, 0.5) is 23.1 Å². The molecule has 1 aliphatic heterocycles. The lowest BCUT2D eigenvalue weighted by atomic mass is 10.2. The summed E-state index contributed by atoms with van der Waals surface area (Å²) < 4.78 is 3.10. The second-order valence-corrected chi connectivity index (χ2v) is 9.00. The largest absolute Gasteiger partial charge is 0.352 e. The quantitative estimate of drug-likeness (QED) is 0.458. The van der Waals surface area contributed by atoms with Gasteiger partial charge in [0.2, 0.25) is 5.95 Å². The Morgan fingerprint density at radius 3 is 2.77 bits per heavy atom. The number of halogens is 1. The molecule has 0 fully saturated rings. The average molecular weight is 453 g/mol. The molecular weight excluding hydrogens is 432 g/mol. The molecule has 4 aromatic rings. The van der Waals surface area contributed by atoms with E-state index in [1.165, 1.54) is 0 Å². The van der Waals surface area contributed by atoms with E-state index in [4.69, 9.17) is 11.6 Å². The van der Waals surface area contributed by atoms with Gasteiger partial charge in [-0.15, -0.1) is 11.3 Å². The molecule has 0 unspecified atom stereocenters. The molecule has 3 heterocycles. The predicted octanol–water partition coefficient (Wildman–Crippen LogP) is 4.68. The third-order valence-corrected chi connectivity index (χ3v) is 6.69. The number of hydrogen-bond donors (Lipinski definition) is 2. The molecule has 5 rings (SSSR count). The van der Waals surface area contributed by atoms with Gasteiger partial charge in [0, 0.05) is 17.8 Å². The zero-order valence-electron chi connectivity index (χ0n) is 17.1. The number of hydrogen-bond acceptors (Lipinski definition) is 7. The monoisotopic (exact) mass is 452 g/mol. The van der Waals surface area contributed by atoms with Crippen molar-refractivity contribution in [2.45, 2.75) is 19.9 Å². The number of fused-ring (bicyclic) bond motifs is 2. The van der Waals surface area contributed by atoms with Crippen LogP contribution in [0.1, 0.15) is 17.5 Å². The van der Waals surface area contributed by atoms with Crippen LogP contribution >= 0.6 is 22.9 Å². The SMILES string of the molecule is CCc1nc2ccc(Nc3nc(=O)c4c(n3Cc3ccc(Cl)cc3)NCN4C)cc2s1. The lowest BCUT2D eigenvalue weighted by Crippen LogP contribution is -2.23. The van der Waals surface area contributed by atoms with Crippen LogP contribution in [0.15, 0.2) is 47.3 Å². The van der Waals surface area contributed by atoms with E-state index in [-0.39, 0.29) is 5.56 Å². The summed E-state index contributed by atoms with van der Waals surface area (Å²) in [5.74, 6) is 1.24. The maximum atomic E-state index is 12.8. The number of nitrogens with one attached hydrogen (secondary N) is 2. The molecule has 0 aliphatic carbocycles. The molecule has 158 valence electrons. The first-order valence-electron chi connectivity index (χ1n) is 10.0. The van der Waals surface area contributed by atoms with Gasteiger partial charge in [0.05, 0.1) is 28.4 Å². The van der Waals surface area contributed by atoms with Gasteiger partial charge in [-0.1, -0.05) is 30.7 Å². The van der Waals surface area contributed by atoms with Crippen molar-refractivity contribution in [3.05, 3.63) is 68.4 Å². The highest BCUT2D eigenvalue weighted by Gasteiger charge is 2.25. The van der Waals surface area contributed by atoms with Crippen molar-refractivity contribution in [3.63, 3.8) is 0 Å². The molecule has 0 saturated heterocycles. The van der Waals surface area contributed by atoms with Crippen molar-refractivity contribution in [3.8, 4) is 0 Å². The van der Waals surface area contributed by atoms with Crippen molar-refractivity contribution in [2.75, 3.05) is 29.2 Å². The van der Waals surface area contributed by atoms with Gasteiger partial charge in [-0.3, -0.25) is 9.36 Å². The average Bonchev–Trinajstić information content (AvgIpc) is 3.35. The Labute approximate surface area is 188 Å². The molecule has 31 heavy (non-hydrogen) atoms. The summed E-state index contributed by atoms with van der Waals surface area (Å²) in [7, 11) is 1.88. The summed E-state index contributed by atoms with van der Waals surface area (Å²) in [4.78, 5) is 23.6. The highest BCUT2D eigenvalue weighted by molar-refractivity contribution is 7.18. The number of benzene rings is 2. The van der Waals surface area contributed by atoms with E-state index < -0.39 is 0 Å². The maximum Gasteiger partial charge on any atom is 0.300 e. The number of aryl methyl sites for hydroxylation is 1. The summed E-state index contributed by atoms with van der Waals surface area (Å²) in [6.07, 6.45) is 0.911. The van der Waals surface area contributed by atoms with Crippen molar-refractivity contribution in [1.29, 1.82) is 0 Å². The second-order valence-electron chi connectivity index (χ2n) is 7.45. The van der Waals surface area contributed by atoms with Crippen LogP contribution in [0.3, 0.4) is 0 Å². The third kappa shape index (κ3) is 3.73. The number of thiazole rings is 1. The Balaban J connectivity index is 1.58. The molecule has 9 heteroatoms. The van der Waals surface area contributed by atoms with Gasteiger partial charge < -0.3 is 15.5 Å². The van der Waals surface area contributed by atoms with Crippen molar-refractivity contribution in [1.82, 2.24) is 14.5 Å². The van der Waals surface area contributed by atoms with Crippen molar-refractivity contribution < 1.29 is 0 Å². The Morgan fingerprint density at radius 1 is 1.19 bits per heavy atom. The summed E-state index contributed by atoms with van der Waals surface area (Å²) in [5, 5.41) is 8.48. The smallest absolute Gasteiger partial charge is 0.300 e. The van der Waals surface area contributed by atoms with Crippen LogP contribution in [-0.4, -0.2) is 28.3 Å². The zero-order valence-corrected chi connectivity index (χ0v) is 18.7. The Bertz CT molecular complexity index is 1330. The van der Waals surface area contributed by atoms with Gasteiger partial charge >= 0.3 is 0 Å². The molecule has 0 spiro atoms. The van der Waals surface area contributed by atoms with E-state index in [2.05, 4.69) is 33.6 Å². The van der Waals surface area contributed by atoms with Crippen LogP contribution in [-0.2, 0) is 13.0 Å². The standard InChI is InChI=1S/C22H21ClN6OS/c1-3-18-26-16-9-8-15(10-17(16)31-18)25-22-27-21(30)19-20(24-12-28(19)2)29(22)11-13-4-6-14(23)7-5-13/h4-10,24H,3,11-12H2,1-2H3,(H,25,27,30). The maximum absolute atomic E-state index is 12.8. The molecule has 1 aliphatic rings. The summed E-state index contributed by atoms with van der Waals surface area (Å²) in [6, 6.07) is 13.7. The summed E-state index contributed by atoms with van der Waals surface area (Å²) >= 11 is 7.73. The van der Waals surface area contributed by atoms with Crippen LogP contribution < -0.4 is 21.1 Å². The van der Waals surface area contributed by atoms with E-state index in [0.29, 0.717) is 29.9 Å². The molecule has 2 aromatic heterocycles. The Morgan fingerprint density at radius 2 is 2.00 bits per heavy atom. The second kappa shape index (κ2) is 7.86. The molecular formula is C22H21ClN6OS. The molecule has 0 amide bonds. The molecule has 0 radical (unpaired) electrons. The fraction of sp³-hybridized carbons (Fsp3) is 0.227. The first-order valence-corrected chi connectivity index (χ1v) is 11.2. The fourth-order valence-corrected chi connectivity index (χ4v) is 4.76. The van der Waals surface area contributed by atoms with Crippen LogP contribution in [0.5, 0.6) is 0 Å². The lowest BCUT2D eigenvalue weighted by Gasteiger charge is -2.18. The van der Waals surface area contributed by atoms with Crippen molar-refractivity contribution >= 4 is 56.3 Å². The van der Waals surface area contributed by atoms with Gasteiger partial charge in [0.15, 0.2) is 0 Å². The predicted molar refractivity (Wildman–Crippen MR) is 128 cm³/mol. The third-order valence-electron chi connectivity index (χ3n) is 5.27. The van der Waals surface area contributed by atoms with E-state index in [0.717, 1.165) is 38.7 Å². The molecule has 0 saturated carbocycles. The van der Waals surface area contributed by atoms with E-state index >= 15 is 0 Å². The number of aromatic nitrogens is 3. The van der Waals surface area contributed by atoms with E-state index in [1.807, 2.05) is 52.9 Å². The topological polar surface area (TPSA) is 75.1 Å². The summed E-state index contributed by atoms with van der Waals surface area (Å²) in [5.41, 5.74) is 3.22. The minimum atomic E-state index is -0.260. The molecule has 2 N–H and O–H groups in total. The molecule has 2 aromatic carbocycles. The Kier molecular flexibility index (Phi) is 5.03. The highest BCUT2D eigenvalue weighted by atomic mass is 35.5. The van der Waals surface area contributed by atoms with Gasteiger partial charge in [-0.2, -0.15) is 4.98 Å². The molecule has 0 atom stereocenters. The minimum absolute atomic E-state index is 0.260. The number of anilines is 4. The normalized spacial score (nSPS) is 12.8. The van der Waals surface area contributed by atoms with E-state index in [9.17, 15) is 4.79 Å². The van der Waals surface area contributed by atoms with Crippen LogP contribution in [0.2, 0.25) is 5.02 Å². The van der Waals surface area contributed by atoms with E-state index in [1.54, 1.807) is 11.3 Å². The highest BCUT2D eigenvalue weighted by Crippen LogP contribution is 2.31. The van der Waals surface area contributed by atoms with Crippen LogP contribution in [0.25, 0.3) is 10.2 Å². The van der Waals surface area contributed by atoms with Gasteiger partial charge in [-0.25, -0.2) is 4.98 Å². The van der Waals surface area contributed by atoms with Gasteiger partial charge in [-0.05, 0) is 42.3 Å². The Hall–Kier alpha value is -3.10. The lowest BCUT2D eigenvalue weighted by molar-refractivity contribution is 0.787.